The number of para-hydroxylation sites is 1. The third kappa shape index (κ3) is 4.53. The number of amides is 1. The lowest BCUT2D eigenvalue weighted by atomic mass is 10.2. The van der Waals surface area contributed by atoms with E-state index in [0.29, 0.717) is 10.2 Å². The first kappa shape index (κ1) is 17.9. The minimum absolute atomic E-state index is 0.0696. The van der Waals surface area contributed by atoms with Crippen LogP contribution in [0.5, 0.6) is 0 Å². The number of esters is 1. The Bertz CT molecular complexity index is 812. The van der Waals surface area contributed by atoms with Crippen LogP contribution in [-0.4, -0.2) is 23.4 Å². The predicted octanol–water partition coefficient (Wildman–Crippen LogP) is 3.81. The Hall–Kier alpha value is -2.45. The number of nitro groups is 1. The highest BCUT2D eigenvalue weighted by atomic mass is 79.9. The zero-order valence-corrected chi connectivity index (χ0v) is 14.3. The Balaban J connectivity index is 1.98. The summed E-state index contributed by atoms with van der Waals surface area (Å²) in [6, 6.07) is 10.4. The van der Waals surface area contributed by atoms with Gasteiger partial charge in [-0.1, -0.05) is 23.7 Å². The van der Waals surface area contributed by atoms with Crippen LogP contribution in [0.15, 0.2) is 46.9 Å². The van der Waals surface area contributed by atoms with Crippen molar-refractivity contribution in [1.29, 1.82) is 0 Å². The lowest BCUT2D eigenvalue weighted by molar-refractivity contribution is -0.384. The van der Waals surface area contributed by atoms with Gasteiger partial charge in [-0.25, -0.2) is 4.79 Å². The lowest BCUT2D eigenvalue weighted by Crippen LogP contribution is -2.21. The van der Waals surface area contributed by atoms with E-state index in [4.69, 9.17) is 16.3 Å². The molecule has 0 unspecified atom stereocenters. The molecule has 24 heavy (non-hydrogen) atoms. The van der Waals surface area contributed by atoms with Crippen LogP contribution < -0.4 is 5.32 Å². The van der Waals surface area contributed by atoms with Crippen molar-refractivity contribution in [2.75, 3.05) is 11.9 Å². The van der Waals surface area contributed by atoms with E-state index in [1.54, 1.807) is 24.3 Å². The number of anilines is 1. The zero-order valence-electron chi connectivity index (χ0n) is 12.0. The summed E-state index contributed by atoms with van der Waals surface area (Å²) in [4.78, 5) is 33.8. The molecule has 2 rings (SSSR count). The largest absolute Gasteiger partial charge is 0.452 e. The molecule has 0 heterocycles. The van der Waals surface area contributed by atoms with Gasteiger partial charge in [0.2, 0.25) is 0 Å². The molecular formula is C15H10BrClN2O5. The van der Waals surface area contributed by atoms with Gasteiger partial charge in [0.1, 0.15) is 5.02 Å². The number of nitrogens with zero attached hydrogens (tertiary/aromatic N) is 1. The molecule has 1 N–H and O–H groups in total. The Morgan fingerprint density at radius 3 is 2.62 bits per heavy atom. The topological polar surface area (TPSA) is 98.5 Å². The molecule has 2 aromatic carbocycles. The van der Waals surface area contributed by atoms with Gasteiger partial charge in [0.25, 0.3) is 11.6 Å². The van der Waals surface area contributed by atoms with Crippen LogP contribution in [0.4, 0.5) is 11.4 Å². The smallest absolute Gasteiger partial charge is 0.338 e. The normalized spacial score (nSPS) is 10.1. The summed E-state index contributed by atoms with van der Waals surface area (Å²) in [5.74, 6) is -1.41. The number of hydrogen-bond acceptors (Lipinski definition) is 5. The van der Waals surface area contributed by atoms with Gasteiger partial charge in [0.15, 0.2) is 6.61 Å². The van der Waals surface area contributed by atoms with Gasteiger partial charge in [0, 0.05) is 10.5 Å². The number of halogens is 2. The molecule has 1 amide bonds. The van der Waals surface area contributed by atoms with Crippen molar-refractivity contribution in [2.45, 2.75) is 0 Å². The van der Waals surface area contributed by atoms with Crippen LogP contribution in [0.25, 0.3) is 0 Å². The van der Waals surface area contributed by atoms with Crippen LogP contribution in [-0.2, 0) is 9.53 Å². The van der Waals surface area contributed by atoms with Gasteiger partial charge < -0.3 is 10.1 Å². The number of hydrogen-bond donors (Lipinski definition) is 1. The highest BCUT2D eigenvalue weighted by Crippen LogP contribution is 2.25. The van der Waals surface area contributed by atoms with E-state index in [-0.39, 0.29) is 10.6 Å². The molecule has 0 atom stereocenters. The highest BCUT2D eigenvalue weighted by molar-refractivity contribution is 9.10. The minimum Gasteiger partial charge on any atom is -0.452 e. The Labute approximate surface area is 149 Å². The monoisotopic (exact) mass is 412 g/mol. The predicted molar refractivity (Wildman–Crippen MR) is 91.2 cm³/mol. The molecule has 0 saturated carbocycles. The van der Waals surface area contributed by atoms with E-state index < -0.39 is 29.1 Å². The molecule has 9 heteroatoms. The molecule has 0 radical (unpaired) electrons. The summed E-state index contributed by atoms with van der Waals surface area (Å²) in [5.41, 5.74) is 0.0456. The maximum absolute atomic E-state index is 11.9. The van der Waals surface area contributed by atoms with E-state index in [2.05, 4.69) is 21.2 Å². The van der Waals surface area contributed by atoms with E-state index in [1.807, 2.05) is 0 Å². The van der Waals surface area contributed by atoms with E-state index in [0.717, 1.165) is 6.07 Å². The van der Waals surface area contributed by atoms with Crippen LogP contribution >= 0.6 is 27.5 Å². The minimum atomic E-state index is -0.864. The van der Waals surface area contributed by atoms with Crippen molar-refractivity contribution in [1.82, 2.24) is 0 Å². The fraction of sp³-hybridized carbons (Fsp3) is 0.0667. The van der Waals surface area contributed by atoms with Crippen LogP contribution in [0, 0.1) is 10.1 Å². The number of rotatable bonds is 5. The number of benzene rings is 2. The second kappa shape index (κ2) is 7.89. The van der Waals surface area contributed by atoms with Gasteiger partial charge in [-0.05, 0) is 40.2 Å². The van der Waals surface area contributed by atoms with E-state index >= 15 is 0 Å². The van der Waals surface area contributed by atoms with Gasteiger partial charge >= 0.3 is 5.97 Å². The molecule has 0 fully saturated rings. The summed E-state index contributed by atoms with van der Waals surface area (Å²) in [6.45, 7) is -0.531. The van der Waals surface area contributed by atoms with Gasteiger partial charge in [-0.15, -0.1) is 0 Å². The van der Waals surface area contributed by atoms with Crippen LogP contribution in [0.3, 0.4) is 0 Å². The summed E-state index contributed by atoms with van der Waals surface area (Å²) < 4.78 is 5.52. The van der Waals surface area contributed by atoms with Gasteiger partial charge in [-0.2, -0.15) is 0 Å². The van der Waals surface area contributed by atoms with E-state index in [9.17, 15) is 19.7 Å². The molecule has 0 saturated heterocycles. The van der Waals surface area contributed by atoms with Gasteiger partial charge in [-0.3, -0.25) is 14.9 Å². The molecule has 0 aliphatic heterocycles. The van der Waals surface area contributed by atoms with Crippen LogP contribution in [0.1, 0.15) is 10.4 Å². The summed E-state index contributed by atoms with van der Waals surface area (Å²) in [7, 11) is 0. The Morgan fingerprint density at radius 2 is 1.96 bits per heavy atom. The van der Waals surface area contributed by atoms with Crippen molar-refractivity contribution in [3.63, 3.8) is 0 Å². The second-order valence-corrected chi connectivity index (χ2v) is 5.79. The first-order valence-corrected chi connectivity index (χ1v) is 7.71. The SMILES string of the molecule is O=C(COC(=O)c1ccc(Cl)c([N+](=O)[O-])c1)Nc1ccccc1Br. The number of carbonyl (C=O) groups excluding carboxylic acids is 2. The summed E-state index contributed by atoms with van der Waals surface area (Å²) >= 11 is 8.94. The average molecular weight is 414 g/mol. The molecule has 2 aromatic rings. The van der Waals surface area contributed by atoms with Crippen molar-refractivity contribution < 1.29 is 19.2 Å². The molecule has 0 bridgehead atoms. The number of carbonyl (C=O) groups is 2. The fourth-order valence-electron chi connectivity index (χ4n) is 1.74. The van der Waals surface area contributed by atoms with E-state index in [1.165, 1.54) is 12.1 Å². The molecular weight excluding hydrogens is 404 g/mol. The van der Waals surface area contributed by atoms with Crippen molar-refractivity contribution in [2.24, 2.45) is 0 Å². The molecule has 124 valence electrons. The number of nitrogens with one attached hydrogen (secondary N) is 1. The molecule has 0 aliphatic carbocycles. The maximum Gasteiger partial charge on any atom is 0.338 e. The molecule has 0 aliphatic rings. The quantitative estimate of drug-likeness (QED) is 0.456. The van der Waals surface area contributed by atoms with Crippen molar-refractivity contribution in [3.05, 3.63) is 67.6 Å². The lowest BCUT2D eigenvalue weighted by Gasteiger charge is -2.08. The Kier molecular flexibility index (Phi) is 5.88. The molecule has 7 nitrogen and oxygen atoms in total. The van der Waals surface area contributed by atoms with Crippen molar-refractivity contribution >= 4 is 50.8 Å². The first-order chi connectivity index (χ1) is 11.4. The second-order valence-electron chi connectivity index (χ2n) is 4.53. The summed E-state index contributed by atoms with van der Waals surface area (Å²) in [5, 5.41) is 13.3. The number of nitro benzene ring substituents is 1. The molecule has 0 aromatic heterocycles. The first-order valence-electron chi connectivity index (χ1n) is 6.54. The summed E-state index contributed by atoms with van der Waals surface area (Å²) in [6.07, 6.45) is 0. The third-order valence-electron chi connectivity index (χ3n) is 2.86. The van der Waals surface area contributed by atoms with Crippen molar-refractivity contribution in [3.8, 4) is 0 Å². The number of ether oxygens (including phenoxy) is 1. The van der Waals surface area contributed by atoms with Gasteiger partial charge in [0.05, 0.1) is 16.2 Å². The zero-order chi connectivity index (χ0) is 17.7. The fourth-order valence-corrected chi connectivity index (χ4v) is 2.31. The maximum atomic E-state index is 11.9. The average Bonchev–Trinajstić information content (AvgIpc) is 2.55. The highest BCUT2D eigenvalue weighted by Gasteiger charge is 2.18. The van der Waals surface area contributed by atoms with Crippen LogP contribution in [0.2, 0.25) is 5.02 Å². The molecule has 0 spiro atoms. The third-order valence-corrected chi connectivity index (χ3v) is 3.87. The Morgan fingerprint density at radius 1 is 1.25 bits per heavy atom. The standard InChI is InChI=1S/C15H10BrClN2O5/c16-10-3-1-2-4-12(10)18-14(20)8-24-15(21)9-5-6-11(17)13(7-9)19(22)23/h1-7H,8H2,(H,18,20).